The second kappa shape index (κ2) is 4.89. The molecule has 100 valence electrons. The van der Waals surface area contributed by atoms with E-state index >= 15 is 0 Å². The van der Waals surface area contributed by atoms with Crippen LogP contribution in [0.1, 0.15) is 24.6 Å². The molecule has 1 saturated heterocycles. The van der Waals surface area contributed by atoms with Gasteiger partial charge < -0.3 is 20.1 Å². The van der Waals surface area contributed by atoms with Crippen molar-refractivity contribution in [1.82, 2.24) is 10.1 Å². The highest BCUT2D eigenvalue weighted by Crippen LogP contribution is 2.34. The molecular formula is C13H15N3O3. The van der Waals surface area contributed by atoms with E-state index in [1.54, 1.807) is 18.2 Å². The Bertz CT molecular complexity index is 576. The van der Waals surface area contributed by atoms with Gasteiger partial charge in [0.1, 0.15) is 0 Å². The maximum absolute atomic E-state index is 9.90. The van der Waals surface area contributed by atoms with Crippen molar-refractivity contribution >= 4 is 5.69 Å². The third kappa shape index (κ3) is 2.26. The summed E-state index contributed by atoms with van der Waals surface area (Å²) in [6, 6.07) is 5.06. The summed E-state index contributed by atoms with van der Waals surface area (Å²) >= 11 is 0. The van der Waals surface area contributed by atoms with E-state index in [0.717, 1.165) is 26.1 Å². The van der Waals surface area contributed by atoms with Gasteiger partial charge in [-0.25, -0.2) is 0 Å². The van der Waals surface area contributed by atoms with E-state index < -0.39 is 0 Å². The highest BCUT2D eigenvalue weighted by Gasteiger charge is 2.22. The smallest absolute Gasteiger partial charge is 0.261 e. The van der Waals surface area contributed by atoms with Crippen molar-refractivity contribution in [3.63, 3.8) is 0 Å². The molecular weight excluding hydrogens is 246 g/mol. The van der Waals surface area contributed by atoms with Gasteiger partial charge in [-0.2, -0.15) is 4.98 Å². The maximum Gasteiger partial charge on any atom is 0.261 e. The first-order chi connectivity index (χ1) is 9.25. The molecule has 0 unspecified atom stereocenters. The molecule has 0 aliphatic carbocycles. The molecule has 6 nitrogen and oxygen atoms in total. The number of hydrogen-bond donors (Lipinski definition) is 2. The number of aromatic hydroxyl groups is 1. The molecule has 0 radical (unpaired) electrons. The first kappa shape index (κ1) is 12.0. The first-order valence-corrected chi connectivity index (χ1v) is 6.25. The van der Waals surface area contributed by atoms with Crippen molar-refractivity contribution in [3.8, 4) is 17.2 Å². The van der Waals surface area contributed by atoms with E-state index in [0.29, 0.717) is 23.0 Å². The summed E-state index contributed by atoms with van der Waals surface area (Å²) in [5.74, 6) is 1.20. The van der Waals surface area contributed by atoms with E-state index in [1.807, 2.05) is 0 Å². The molecule has 19 heavy (non-hydrogen) atoms. The van der Waals surface area contributed by atoms with Crippen LogP contribution in [0.25, 0.3) is 11.5 Å². The SMILES string of the molecule is Nc1cccc(-c2nc(C3CCOCC3)no2)c1O. The molecule has 1 aliphatic heterocycles. The number of nitrogens with two attached hydrogens (primary N) is 1. The monoisotopic (exact) mass is 261 g/mol. The molecule has 1 aromatic heterocycles. The van der Waals surface area contributed by atoms with Crippen molar-refractivity contribution < 1.29 is 14.4 Å². The quantitative estimate of drug-likeness (QED) is 0.633. The average Bonchev–Trinajstić information content (AvgIpc) is 2.92. The van der Waals surface area contributed by atoms with Gasteiger partial charge in [0, 0.05) is 19.1 Å². The van der Waals surface area contributed by atoms with E-state index in [2.05, 4.69) is 10.1 Å². The number of rotatable bonds is 2. The van der Waals surface area contributed by atoms with Crippen LogP contribution < -0.4 is 5.73 Å². The number of benzene rings is 1. The van der Waals surface area contributed by atoms with E-state index in [4.69, 9.17) is 15.0 Å². The molecule has 2 aromatic rings. The van der Waals surface area contributed by atoms with Crippen molar-refractivity contribution in [2.75, 3.05) is 18.9 Å². The van der Waals surface area contributed by atoms with Gasteiger partial charge in [-0.3, -0.25) is 0 Å². The Morgan fingerprint density at radius 2 is 2.05 bits per heavy atom. The number of phenolic OH excluding ortho intramolecular Hbond substituents is 1. The van der Waals surface area contributed by atoms with Gasteiger partial charge in [0.05, 0.1) is 11.3 Å². The lowest BCUT2D eigenvalue weighted by Crippen LogP contribution is -2.15. The third-order valence-corrected chi connectivity index (χ3v) is 3.33. The fourth-order valence-corrected chi connectivity index (χ4v) is 2.20. The van der Waals surface area contributed by atoms with Crippen LogP contribution in [-0.4, -0.2) is 28.5 Å². The first-order valence-electron chi connectivity index (χ1n) is 6.25. The molecule has 2 heterocycles. The Morgan fingerprint density at radius 1 is 1.26 bits per heavy atom. The highest BCUT2D eigenvalue weighted by molar-refractivity contribution is 5.71. The number of hydrogen-bond acceptors (Lipinski definition) is 6. The number of para-hydroxylation sites is 1. The van der Waals surface area contributed by atoms with Crippen LogP contribution in [0.2, 0.25) is 0 Å². The Labute approximate surface area is 110 Å². The predicted molar refractivity (Wildman–Crippen MR) is 68.6 cm³/mol. The molecule has 0 bridgehead atoms. The Hall–Kier alpha value is -2.08. The maximum atomic E-state index is 9.90. The second-order valence-corrected chi connectivity index (χ2v) is 4.59. The molecule has 0 saturated carbocycles. The zero-order valence-corrected chi connectivity index (χ0v) is 10.4. The van der Waals surface area contributed by atoms with E-state index in [9.17, 15) is 5.11 Å². The topological polar surface area (TPSA) is 94.4 Å². The standard InChI is InChI=1S/C13H15N3O3/c14-10-3-1-2-9(11(10)17)13-15-12(16-19-13)8-4-6-18-7-5-8/h1-3,8,17H,4-7,14H2. The van der Waals surface area contributed by atoms with E-state index in [-0.39, 0.29) is 11.7 Å². The van der Waals surface area contributed by atoms with Crippen molar-refractivity contribution in [3.05, 3.63) is 24.0 Å². The van der Waals surface area contributed by atoms with Crippen molar-refractivity contribution in [1.29, 1.82) is 0 Å². The molecule has 1 fully saturated rings. The minimum absolute atomic E-state index is 0.0234. The molecule has 6 heteroatoms. The Balaban J connectivity index is 1.90. The third-order valence-electron chi connectivity index (χ3n) is 3.33. The summed E-state index contributed by atoms with van der Waals surface area (Å²) in [7, 11) is 0. The Morgan fingerprint density at radius 3 is 2.84 bits per heavy atom. The van der Waals surface area contributed by atoms with Crippen LogP contribution in [0, 0.1) is 0 Å². The minimum Gasteiger partial charge on any atom is -0.505 e. The van der Waals surface area contributed by atoms with Gasteiger partial charge >= 0.3 is 0 Å². The molecule has 1 aromatic carbocycles. The van der Waals surface area contributed by atoms with Gasteiger partial charge in [-0.05, 0) is 25.0 Å². The molecule has 3 N–H and O–H groups in total. The van der Waals surface area contributed by atoms with Gasteiger partial charge in [0.25, 0.3) is 5.89 Å². The summed E-state index contributed by atoms with van der Waals surface area (Å²) < 4.78 is 10.5. The molecule has 0 amide bonds. The Kier molecular flexibility index (Phi) is 3.08. The lowest BCUT2D eigenvalue weighted by atomic mass is 10.00. The van der Waals surface area contributed by atoms with Gasteiger partial charge in [0.15, 0.2) is 11.6 Å². The van der Waals surface area contributed by atoms with Crippen LogP contribution in [0.4, 0.5) is 5.69 Å². The average molecular weight is 261 g/mol. The van der Waals surface area contributed by atoms with Gasteiger partial charge in [-0.1, -0.05) is 11.2 Å². The number of aromatic nitrogens is 2. The number of nitrogens with zero attached hydrogens (tertiary/aromatic N) is 2. The highest BCUT2D eigenvalue weighted by atomic mass is 16.5. The predicted octanol–water partition coefficient (Wildman–Crippen LogP) is 1.92. The van der Waals surface area contributed by atoms with Crippen LogP contribution in [0.15, 0.2) is 22.7 Å². The number of ether oxygens (including phenoxy) is 1. The zero-order valence-electron chi connectivity index (χ0n) is 10.4. The largest absolute Gasteiger partial charge is 0.505 e. The van der Waals surface area contributed by atoms with Gasteiger partial charge in [-0.15, -0.1) is 0 Å². The van der Waals surface area contributed by atoms with Crippen LogP contribution >= 0.6 is 0 Å². The molecule has 0 spiro atoms. The van der Waals surface area contributed by atoms with Gasteiger partial charge in [0.2, 0.25) is 0 Å². The summed E-state index contributed by atoms with van der Waals surface area (Å²) in [6.45, 7) is 1.44. The minimum atomic E-state index is -0.0234. The molecule has 3 rings (SSSR count). The fraction of sp³-hybridized carbons (Fsp3) is 0.385. The molecule has 0 atom stereocenters. The summed E-state index contributed by atoms with van der Waals surface area (Å²) in [5, 5.41) is 13.9. The number of anilines is 1. The van der Waals surface area contributed by atoms with Crippen LogP contribution in [0.3, 0.4) is 0 Å². The second-order valence-electron chi connectivity index (χ2n) is 4.59. The summed E-state index contributed by atoms with van der Waals surface area (Å²) in [5.41, 5.74) is 6.41. The summed E-state index contributed by atoms with van der Waals surface area (Å²) in [4.78, 5) is 4.36. The lowest BCUT2D eigenvalue weighted by Gasteiger charge is -2.18. The molecule has 1 aliphatic rings. The fourth-order valence-electron chi connectivity index (χ4n) is 2.20. The van der Waals surface area contributed by atoms with E-state index in [1.165, 1.54) is 0 Å². The van der Waals surface area contributed by atoms with Crippen LogP contribution in [-0.2, 0) is 4.74 Å². The normalized spacial score (nSPS) is 16.6. The number of nitrogen functional groups attached to an aromatic ring is 1. The van der Waals surface area contributed by atoms with Crippen LogP contribution in [0.5, 0.6) is 5.75 Å². The zero-order chi connectivity index (χ0) is 13.2. The van der Waals surface area contributed by atoms with Crippen molar-refractivity contribution in [2.45, 2.75) is 18.8 Å². The summed E-state index contributed by atoms with van der Waals surface area (Å²) in [6.07, 6.45) is 1.78. The number of phenols is 1. The van der Waals surface area contributed by atoms with Crippen molar-refractivity contribution in [2.24, 2.45) is 0 Å². The lowest BCUT2D eigenvalue weighted by molar-refractivity contribution is 0.0830.